The van der Waals surface area contributed by atoms with E-state index in [1.165, 1.54) is 16.2 Å². The quantitative estimate of drug-likeness (QED) is 0.741. The van der Waals surface area contributed by atoms with Crippen LogP contribution in [-0.4, -0.2) is 73.1 Å². The van der Waals surface area contributed by atoms with Crippen molar-refractivity contribution in [2.45, 2.75) is 44.7 Å². The zero-order valence-corrected chi connectivity index (χ0v) is 18.1. The zero-order valence-electron chi connectivity index (χ0n) is 16.4. The van der Waals surface area contributed by atoms with E-state index in [2.05, 4.69) is 9.88 Å². The monoisotopic (exact) mass is 429 g/mol. The number of nitrogens with two attached hydrogens (primary N) is 1. The molecule has 2 aliphatic rings. The number of aromatic nitrogens is 1. The van der Waals surface area contributed by atoms with Gasteiger partial charge in [0.05, 0.1) is 11.7 Å². The maximum atomic E-state index is 13.1. The molecule has 11 heteroatoms. The van der Waals surface area contributed by atoms with E-state index in [-0.39, 0.29) is 23.3 Å². The van der Waals surface area contributed by atoms with Gasteiger partial charge in [0, 0.05) is 44.4 Å². The van der Waals surface area contributed by atoms with Crippen molar-refractivity contribution in [3.8, 4) is 0 Å². The summed E-state index contributed by atoms with van der Waals surface area (Å²) < 4.78 is 25.4. The lowest BCUT2D eigenvalue weighted by Crippen LogP contribution is -2.50. The molecule has 1 aliphatic carbocycles. The van der Waals surface area contributed by atoms with Crippen molar-refractivity contribution in [2.24, 2.45) is 11.1 Å². The van der Waals surface area contributed by atoms with Gasteiger partial charge in [0.2, 0.25) is 5.91 Å². The van der Waals surface area contributed by atoms with Crippen molar-refractivity contribution >= 4 is 33.4 Å². The second-order valence-corrected chi connectivity index (χ2v) is 10.3. The van der Waals surface area contributed by atoms with Gasteiger partial charge in [-0.05, 0) is 26.3 Å². The molecular formula is C17H27N5O4S2. The Morgan fingerprint density at radius 2 is 2.00 bits per heavy atom. The molecule has 0 saturated heterocycles. The molecule has 0 unspecified atom stereocenters. The number of fused-ring (bicyclic) bond motifs is 1. The van der Waals surface area contributed by atoms with Gasteiger partial charge in [-0.15, -0.1) is 11.3 Å². The van der Waals surface area contributed by atoms with E-state index in [4.69, 9.17) is 5.14 Å². The molecule has 0 aromatic carbocycles. The third kappa shape index (κ3) is 4.37. The fraction of sp³-hybridized carbons (Fsp3) is 0.706. The first-order valence-corrected chi connectivity index (χ1v) is 11.6. The van der Waals surface area contributed by atoms with Crippen LogP contribution >= 0.6 is 11.3 Å². The molecule has 2 amide bonds. The average molecular weight is 430 g/mol. The molecule has 1 aromatic heterocycles. The summed E-state index contributed by atoms with van der Waals surface area (Å²) in [6, 6.07) is -0.631. The highest BCUT2D eigenvalue weighted by molar-refractivity contribution is 7.87. The molecule has 3 rings (SSSR count). The van der Waals surface area contributed by atoms with Gasteiger partial charge < -0.3 is 9.80 Å². The van der Waals surface area contributed by atoms with Crippen molar-refractivity contribution in [1.82, 2.24) is 19.1 Å². The molecule has 1 aromatic rings. The normalized spacial score (nSPS) is 23.1. The molecule has 0 bridgehead atoms. The van der Waals surface area contributed by atoms with Crippen molar-refractivity contribution in [1.29, 1.82) is 0 Å². The van der Waals surface area contributed by atoms with Gasteiger partial charge in [-0.25, -0.2) is 14.4 Å². The van der Waals surface area contributed by atoms with Crippen molar-refractivity contribution in [2.75, 3.05) is 27.7 Å². The number of thiazole rings is 1. The summed E-state index contributed by atoms with van der Waals surface area (Å²) in [6.45, 7) is 1.54. The van der Waals surface area contributed by atoms with Crippen LogP contribution in [0.5, 0.6) is 0 Å². The third-order valence-electron chi connectivity index (χ3n) is 5.35. The first-order chi connectivity index (χ1) is 13.1. The summed E-state index contributed by atoms with van der Waals surface area (Å²) >= 11 is 1.23. The first-order valence-electron chi connectivity index (χ1n) is 9.32. The van der Waals surface area contributed by atoms with Gasteiger partial charge in [0.1, 0.15) is 0 Å². The fourth-order valence-electron chi connectivity index (χ4n) is 3.96. The Bertz CT molecular complexity index is 867. The average Bonchev–Trinajstić information content (AvgIpc) is 3.03. The van der Waals surface area contributed by atoms with Gasteiger partial charge in [-0.1, -0.05) is 6.42 Å². The standard InChI is InChI=1S/C17H27N5O4S2/c1-20(2)16(23)11-5-4-6-12(9-11)22(28(18,25)26)17(24)15-19-13-7-8-21(3)10-14(13)27-15/h11-12H,4-10H2,1-3H3,(H2,18,25,26)/t11-,12-/m0/s1. The Morgan fingerprint density at radius 3 is 2.64 bits per heavy atom. The molecule has 2 N–H and O–H groups in total. The fourth-order valence-corrected chi connectivity index (χ4v) is 6.07. The lowest BCUT2D eigenvalue weighted by Gasteiger charge is -2.35. The van der Waals surface area contributed by atoms with Crippen LogP contribution in [0.25, 0.3) is 0 Å². The van der Waals surface area contributed by atoms with Crippen molar-refractivity contribution in [3.05, 3.63) is 15.6 Å². The van der Waals surface area contributed by atoms with Gasteiger partial charge >= 0.3 is 10.2 Å². The second kappa shape index (κ2) is 8.05. The minimum Gasteiger partial charge on any atom is -0.349 e. The van der Waals surface area contributed by atoms with Crippen LogP contribution in [-0.2, 0) is 28.0 Å². The number of nitrogens with zero attached hydrogens (tertiary/aromatic N) is 4. The highest BCUT2D eigenvalue weighted by atomic mass is 32.2. The third-order valence-corrected chi connectivity index (χ3v) is 7.43. The molecular weight excluding hydrogens is 402 g/mol. The van der Waals surface area contributed by atoms with Gasteiger partial charge in [0.15, 0.2) is 5.01 Å². The topological polar surface area (TPSA) is 117 Å². The second-order valence-electron chi connectivity index (χ2n) is 7.77. The largest absolute Gasteiger partial charge is 0.349 e. The van der Waals surface area contributed by atoms with Crippen LogP contribution in [0.4, 0.5) is 0 Å². The van der Waals surface area contributed by atoms with Crippen LogP contribution in [0, 0.1) is 5.92 Å². The number of hydrogen-bond donors (Lipinski definition) is 1. The summed E-state index contributed by atoms with van der Waals surface area (Å²) in [5, 5.41) is 5.57. The highest BCUT2D eigenvalue weighted by Gasteiger charge is 2.39. The van der Waals surface area contributed by atoms with Crippen LogP contribution in [0.1, 0.15) is 46.1 Å². The SMILES string of the molecule is CN1CCc2nc(C(=O)N([C@H]3CCC[C@H](C(=O)N(C)C)C3)S(N)(=O)=O)sc2C1. The molecule has 9 nitrogen and oxygen atoms in total. The lowest BCUT2D eigenvalue weighted by atomic mass is 9.85. The van der Waals surface area contributed by atoms with Crippen LogP contribution in [0.3, 0.4) is 0 Å². The summed E-state index contributed by atoms with van der Waals surface area (Å²) in [6.07, 6.45) is 2.85. The van der Waals surface area contributed by atoms with E-state index in [0.29, 0.717) is 25.8 Å². The number of amides is 2. The number of rotatable bonds is 4. The van der Waals surface area contributed by atoms with Crippen LogP contribution in [0.2, 0.25) is 0 Å². The lowest BCUT2D eigenvalue weighted by molar-refractivity contribution is -0.134. The van der Waals surface area contributed by atoms with E-state index in [1.54, 1.807) is 14.1 Å². The Hall–Kier alpha value is -1.56. The summed E-state index contributed by atoms with van der Waals surface area (Å²) in [5.41, 5.74) is 0.852. The highest BCUT2D eigenvalue weighted by Crippen LogP contribution is 2.32. The number of hydrogen-bond acceptors (Lipinski definition) is 7. The Balaban J connectivity index is 1.87. The molecule has 0 spiro atoms. The molecule has 0 radical (unpaired) electrons. The Labute approximate surface area is 169 Å². The maximum Gasteiger partial charge on any atom is 0.301 e. The number of carbonyl (C=O) groups is 2. The van der Waals surface area contributed by atoms with Crippen LogP contribution in [0.15, 0.2) is 0 Å². The van der Waals surface area contributed by atoms with E-state index in [0.717, 1.165) is 27.8 Å². The summed E-state index contributed by atoms with van der Waals surface area (Å²) in [4.78, 5) is 34.5. The molecule has 2 atom stereocenters. The van der Waals surface area contributed by atoms with Gasteiger partial charge in [-0.3, -0.25) is 9.59 Å². The zero-order chi connectivity index (χ0) is 20.6. The minimum absolute atomic E-state index is 0.0562. The molecule has 156 valence electrons. The Morgan fingerprint density at radius 1 is 1.29 bits per heavy atom. The predicted molar refractivity (Wildman–Crippen MR) is 106 cm³/mol. The van der Waals surface area contributed by atoms with E-state index >= 15 is 0 Å². The molecule has 28 heavy (non-hydrogen) atoms. The predicted octanol–water partition coefficient (Wildman–Crippen LogP) is 0.424. The first kappa shape index (κ1) is 21.2. The molecule has 1 fully saturated rings. The number of carbonyl (C=O) groups excluding carboxylic acids is 2. The smallest absolute Gasteiger partial charge is 0.301 e. The summed E-state index contributed by atoms with van der Waals surface area (Å²) in [7, 11) is 1.06. The van der Waals surface area contributed by atoms with Gasteiger partial charge in [0.25, 0.3) is 5.91 Å². The molecule has 1 saturated carbocycles. The molecule has 1 aliphatic heterocycles. The minimum atomic E-state index is -4.28. The van der Waals surface area contributed by atoms with Gasteiger partial charge in [-0.2, -0.15) is 8.42 Å². The van der Waals surface area contributed by atoms with E-state index < -0.39 is 22.2 Å². The molecule has 2 heterocycles. The van der Waals surface area contributed by atoms with E-state index in [9.17, 15) is 18.0 Å². The Kier molecular flexibility index (Phi) is 6.08. The van der Waals surface area contributed by atoms with Crippen LogP contribution < -0.4 is 5.14 Å². The summed E-state index contributed by atoms with van der Waals surface area (Å²) in [5.74, 6) is -1.06. The van der Waals surface area contributed by atoms with E-state index in [1.807, 2.05) is 7.05 Å². The maximum absolute atomic E-state index is 13.1. The van der Waals surface area contributed by atoms with Crippen molar-refractivity contribution < 1.29 is 18.0 Å². The number of likely N-dealkylation sites (N-methyl/N-ethyl adjacent to an activating group) is 1. The van der Waals surface area contributed by atoms with Crippen molar-refractivity contribution in [3.63, 3.8) is 0 Å².